The van der Waals surface area contributed by atoms with Crippen LogP contribution in [0.3, 0.4) is 0 Å². The normalized spacial score (nSPS) is 13.2. The van der Waals surface area contributed by atoms with E-state index in [1.165, 1.54) is 47.6 Å². The van der Waals surface area contributed by atoms with E-state index in [1.807, 2.05) is 11.8 Å². The predicted octanol–water partition coefficient (Wildman–Crippen LogP) is 5.51. The minimum atomic E-state index is -0.608. The van der Waals surface area contributed by atoms with E-state index in [4.69, 9.17) is 4.98 Å². The van der Waals surface area contributed by atoms with Gasteiger partial charge in [0.2, 0.25) is 0 Å². The van der Waals surface area contributed by atoms with Gasteiger partial charge in [-0.15, -0.1) is 11.8 Å². The third-order valence-corrected chi connectivity index (χ3v) is 7.00. The lowest BCUT2D eigenvalue weighted by Gasteiger charge is -2.20. The van der Waals surface area contributed by atoms with E-state index >= 15 is 0 Å². The molecular formula is C25H28N2O3S. The Hall–Kier alpha value is -2.60. The van der Waals surface area contributed by atoms with Gasteiger partial charge in [-0.2, -0.15) is 0 Å². The van der Waals surface area contributed by atoms with E-state index in [0.29, 0.717) is 0 Å². The molecule has 1 aromatic carbocycles. The van der Waals surface area contributed by atoms with Crippen molar-refractivity contribution in [2.75, 3.05) is 12.9 Å². The molecule has 31 heavy (non-hydrogen) atoms. The van der Waals surface area contributed by atoms with Crippen molar-refractivity contribution in [1.82, 2.24) is 9.97 Å². The quantitative estimate of drug-likeness (QED) is 0.285. The highest BCUT2D eigenvalue weighted by atomic mass is 32.2. The number of aromatic nitrogens is 2. The summed E-state index contributed by atoms with van der Waals surface area (Å²) < 4.78 is 4.67. The number of esters is 1. The van der Waals surface area contributed by atoms with E-state index in [2.05, 4.69) is 34.0 Å². The van der Waals surface area contributed by atoms with Crippen LogP contribution in [0, 0.1) is 0 Å². The van der Waals surface area contributed by atoms with Crippen LogP contribution in [0.25, 0.3) is 10.9 Å². The molecule has 1 aliphatic carbocycles. The van der Waals surface area contributed by atoms with Crippen LogP contribution >= 0.6 is 11.8 Å². The summed E-state index contributed by atoms with van der Waals surface area (Å²) in [5, 5.41) is 11.1. The number of carbonyl (C=O) groups excluding carboxylic acids is 1. The number of aromatic hydroxyl groups is 1. The zero-order valence-corrected chi connectivity index (χ0v) is 18.7. The van der Waals surface area contributed by atoms with E-state index in [1.54, 1.807) is 6.07 Å². The van der Waals surface area contributed by atoms with Gasteiger partial charge in [-0.05, 0) is 74.5 Å². The maximum Gasteiger partial charge on any atom is 0.360 e. The molecular weight excluding hydrogens is 408 g/mol. The van der Waals surface area contributed by atoms with Gasteiger partial charge in [0.15, 0.2) is 5.69 Å². The molecule has 0 unspecified atom stereocenters. The Kier molecular flexibility index (Phi) is 7.07. The minimum Gasteiger partial charge on any atom is -0.505 e. The second-order valence-electron chi connectivity index (χ2n) is 7.91. The number of para-hydroxylation sites is 1. The first-order valence-corrected chi connectivity index (χ1v) is 12.0. The first-order valence-electron chi connectivity index (χ1n) is 11.0. The lowest BCUT2D eigenvalue weighted by molar-refractivity contribution is 0.0590. The Morgan fingerprint density at radius 3 is 2.77 bits per heavy atom. The highest BCUT2D eigenvalue weighted by Crippen LogP contribution is 2.36. The summed E-state index contributed by atoms with van der Waals surface area (Å²) in [5.41, 5.74) is 4.68. The van der Waals surface area contributed by atoms with Crippen LogP contribution < -0.4 is 0 Å². The summed E-state index contributed by atoms with van der Waals surface area (Å²) in [4.78, 5) is 22.3. The number of hydrogen-bond donors (Lipinski definition) is 1. The topological polar surface area (TPSA) is 72.3 Å². The molecule has 0 fully saturated rings. The number of ether oxygens (including phenoxy) is 1. The fourth-order valence-electron chi connectivity index (χ4n) is 4.13. The molecule has 0 bridgehead atoms. The first-order chi connectivity index (χ1) is 15.2. The van der Waals surface area contributed by atoms with Crippen LogP contribution in [0.5, 0.6) is 5.75 Å². The van der Waals surface area contributed by atoms with Gasteiger partial charge in [0.1, 0.15) is 5.75 Å². The number of aryl methyl sites for hydroxylation is 2. The van der Waals surface area contributed by atoms with Crippen molar-refractivity contribution in [3.8, 4) is 5.75 Å². The predicted molar refractivity (Wildman–Crippen MR) is 124 cm³/mol. The lowest BCUT2D eigenvalue weighted by atomic mass is 9.94. The molecule has 0 radical (unpaired) electrons. The van der Waals surface area contributed by atoms with Gasteiger partial charge in [-0.1, -0.05) is 24.6 Å². The van der Waals surface area contributed by atoms with Crippen molar-refractivity contribution >= 4 is 28.6 Å². The minimum absolute atomic E-state index is 0.00936. The zero-order chi connectivity index (χ0) is 21.6. The summed E-state index contributed by atoms with van der Waals surface area (Å²) in [6, 6.07) is 11.8. The molecule has 1 N–H and O–H groups in total. The van der Waals surface area contributed by atoms with Gasteiger partial charge < -0.3 is 9.84 Å². The van der Waals surface area contributed by atoms with Crippen LogP contribution in [0.2, 0.25) is 0 Å². The number of nitrogens with zero attached hydrogens (tertiary/aromatic N) is 2. The molecule has 6 heteroatoms. The second-order valence-corrected chi connectivity index (χ2v) is 9.02. The molecule has 1 aliphatic rings. The average molecular weight is 437 g/mol. The number of thioether (sulfide) groups is 1. The number of benzene rings is 1. The number of unbranched alkanes of at least 4 members (excludes halogenated alkanes) is 2. The van der Waals surface area contributed by atoms with Crippen molar-refractivity contribution in [2.45, 2.75) is 56.3 Å². The maximum atomic E-state index is 11.7. The van der Waals surface area contributed by atoms with Crippen LogP contribution in [-0.2, 0) is 24.0 Å². The number of rotatable bonds is 8. The van der Waals surface area contributed by atoms with Crippen LogP contribution in [0.1, 0.15) is 59.5 Å². The van der Waals surface area contributed by atoms with E-state index in [9.17, 15) is 9.90 Å². The van der Waals surface area contributed by atoms with Crippen LogP contribution in [0.4, 0.5) is 0 Å². The number of pyridine rings is 2. The Balaban J connectivity index is 1.33. The van der Waals surface area contributed by atoms with Gasteiger partial charge >= 0.3 is 5.97 Å². The Morgan fingerprint density at radius 1 is 1.06 bits per heavy atom. The van der Waals surface area contributed by atoms with Gasteiger partial charge in [0, 0.05) is 21.7 Å². The molecule has 5 nitrogen and oxygen atoms in total. The monoisotopic (exact) mass is 436 g/mol. The van der Waals surface area contributed by atoms with E-state index < -0.39 is 5.97 Å². The molecule has 4 rings (SSSR count). The lowest BCUT2D eigenvalue weighted by Crippen LogP contribution is -2.08. The van der Waals surface area contributed by atoms with Crippen molar-refractivity contribution in [2.24, 2.45) is 0 Å². The number of fused-ring (bicyclic) bond motifs is 2. The fraction of sp³-hybridized carbons (Fsp3) is 0.400. The van der Waals surface area contributed by atoms with Gasteiger partial charge in [0.05, 0.1) is 12.6 Å². The van der Waals surface area contributed by atoms with Gasteiger partial charge in [0.25, 0.3) is 0 Å². The zero-order valence-electron chi connectivity index (χ0n) is 17.9. The van der Waals surface area contributed by atoms with E-state index in [-0.39, 0.29) is 11.4 Å². The Labute approximate surface area is 187 Å². The smallest absolute Gasteiger partial charge is 0.360 e. The highest BCUT2D eigenvalue weighted by Gasteiger charge is 2.18. The fourth-order valence-corrected chi connectivity index (χ4v) is 5.41. The van der Waals surface area contributed by atoms with E-state index in [0.717, 1.165) is 55.5 Å². The van der Waals surface area contributed by atoms with Gasteiger partial charge in [-0.25, -0.2) is 9.78 Å². The maximum absolute atomic E-state index is 11.7. The molecule has 2 heterocycles. The molecule has 3 aromatic rings. The summed E-state index contributed by atoms with van der Waals surface area (Å²) in [5.74, 6) is 0.334. The molecule has 0 atom stereocenters. The average Bonchev–Trinajstić information content (AvgIpc) is 2.81. The van der Waals surface area contributed by atoms with Gasteiger partial charge in [-0.3, -0.25) is 4.98 Å². The number of methoxy groups -OCH3 is 1. The van der Waals surface area contributed by atoms with Crippen LogP contribution in [-0.4, -0.2) is 33.9 Å². The molecule has 0 spiro atoms. The second kappa shape index (κ2) is 10.1. The largest absolute Gasteiger partial charge is 0.505 e. The first kappa shape index (κ1) is 21.6. The standard InChI is InChI=1S/C25H28N2O3S/c1-30-25(29)23-22(28)15-14-17(26-23)9-3-2-8-16-31-24-18-10-4-6-12-20(18)27-21-13-7-5-11-19(21)24/h4,6,10,12,14-15,28H,2-3,5,7-9,11,13,16H2,1H3. The van der Waals surface area contributed by atoms with Crippen molar-refractivity contribution in [3.05, 3.63) is 59.0 Å². The molecule has 0 saturated carbocycles. The third-order valence-electron chi connectivity index (χ3n) is 5.75. The molecule has 162 valence electrons. The number of hydrogen-bond acceptors (Lipinski definition) is 6. The summed E-state index contributed by atoms with van der Waals surface area (Å²) in [6.07, 6.45) is 8.73. The Morgan fingerprint density at radius 2 is 1.90 bits per heavy atom. The highest BCUT2D eigenvalue weighted by molar-refractivity contribution is 7.99. The van der Waals surface area contributed by atoms with Crippen LogP contribution in [0.15, 0.2) is 41.3 Å². The third kappa shape index (κ3) is 5.01. The van der Waals surface area contributed by atoms with Crippen molar-refractivity contribution in [3.63, 3.8) is 0 Å². The summed E-state index contributed by atoms with van der Waals surface area (Å²) in [7, 11) is 1.29. The summed E-state index contributed by atoms with van der Waals surface area (Å²) in [6.45, 7) is 0. The molecule has 2 aromatic heterocycles. The Bertz CT molecular complexity index is 1080. The molecule has 0 saturated heterocycles. The molecule has 0 aliphatic heterocycles. The SMILES string of the molecule is COC(=O)c1nc(CCCCCSc2c3c(nc4ccccc24)CCCC3)ccc1O. The number of carbonyl (C=O) groups is 1. The van der Waals surface area contributed by atoms with Crippen molar-refractivity contribution in [1.29, 1.82) is 0 Å². The summed E-state index contributed by atoms with van der Waals surface area (Å²) >= 11 is 1.97. The molecule has 0 amide bonds. The van der Waals surface area contributed by atoms with Crippen molar-refractivity contribution < 1.29 is 14.6 Å².